The Morgan fingerprint density at radius 3 is 2.92 bits per heavy atom. The summed E-state index contributed by atoms with van der Waals surface area (Å²) in [6.45, 7) is 2.67. The van der Waals surface area contributed by atoms with Crippen molar-refractivity contribution in [3.05, 3.63) is 18.0 Å². The molecule has 1 aromatic heterocycles. The zero-order valence-corrected chi connectivity index (χ0v) is 7.34. The van der Waals surface area contributed by atoms with E-state index in [4.69, 9.17) is 10.2 Å². The number of carbonyl (C=O) groups is 1. The van der Waals surface area contributed by atoms with Gasteiger partial charge in [-0.15, -0.1) is 0 Å². The Labute approximate surface area is 75.6 Å². The lowest BCUT2D eigenvalue weighted by atomic mass is 10.2. The monoisotopic (exact) mass is 184 g/mol. The number of hydrogen-bond acceptors (Lipinski definition) is 3. The molecule has 1 atom stereocenters. The zero-order chi connectivity index (χ0) is 9.84. The molecule has 0 aliphatic carbocycles. The van der Waals surface area contributed by atoms with Crippen molar-refractivity contribution in [1.82, 2.24) is 9.78 Å². The Bertz CT molecular complexity index is 295. The van der Waals surface area contributed by atoms with Gasteiger partial charge in [0.2, 0.25) is 0 Å². The maximum atomic E-state index is 10.3. The summed E-state index contributed by atoms with van der Waals surface area (Å²) in [5, 5.41) is 21.4. The van der Waals surface area contributed by atoms with Gasteiger partial charge in [-0.1, -0.05) is 0 Å². The lowest BCUT2D eigenvalue weighted by molar-refractivity contribution is -0.146. The van der Waals surface area contributed by atoms with Crippen LogP contribution in [0.25, 0.3) is 0 Å². The van der Waals surface area contributed by atoms with E-state index < -0.39 is 12.1 Å². The third kappa shape index (κ3) is 2.55. The molecule has 2 N–H and O–H groups in total. The van der Waals surface area contributed by atoms with Gasteiger partial charge in [0.25, 0.3) is 0 Å². The molecule has 1 heterocycles. The Hall–Kier alpha value is -1.36. The third-order valence-corrected chi connectivity index (χ3v) is 1.72. The molecule has 1 aromatic rings. The van der Waals surface area contributed by atoms with E-state index in [9.17, 15) is 4.79 Å². The van der Waals surface area contributed by atoms with Crippen molar-refractivity contribution in [2.24, 2.45) is 0 Å². The molecule has 0 unspecified atom stereocenters. The van der Waals surface area contributed by atoms with Crippen molar-refractivity contribution >= 4 is 5.97 Å². The molecule has 0 bridgehead atoms. The van der Waals surface area contributed by atoms with E-state index in [0.717, 1.165) is 12.1 Å². The summed E-state index contributed by atoms with van der Waals surface area (Å²) in [6, 6.07) is 0. The highest BCUT2D eigenvalue weighted by atomic mass is 16.4. The van der Waals surface area contributed by atoms with Gasteiger partial charge >= 0.3 is 5.97 Å². The lowest BCUT2D eigenvalue weighted by Crippen LogP contribution is -2.21. The van der Waals surface area contributed by atoms with Crippen LogP contribution in [0.4, 0.5) is 0 Å². The summed E-state index contributed by atoms with van der Waals surface area (Å²) in [6.07, 6.45) is 2.06. The summed E-state index contributed by atoms with van der Waals surface area (Å²) in [4.78, 5) is 10.3. The molecular weight excluding hydrogens is 172 g/mol. The number of rotatable bonds is 4. The Morgan fingerprint density at radius 2 is 2.46 bits per heavy atom. The van der Waals surface area contributed by atoms with Crippen LogP contribution in [0.5, 0.6) is 0 Å². The molecule has 5 heteroatoms. The van der Waals surface area contributed by atoms with E-state index in [0.29, 0.717) is 0 Å². The topological polar surface area (TPSA) is 75.4 Å². The largest absolute Gasteiger partial charge is 0.479 e. The van der Waals surface area contributed by atoms with Gasteiger partial charge in [0.1, 0.15) is 0 Å². The second-order valence-electron chi connectivity index (χ2n) is 2.76. The second-order valence-corrected chi connectivity index (χ2v) is 2.76. The van der Waals surface area contributed by atoms with Crippen molar-refractivity contribution in [2.45, 2.75) is 26.0 Å². The first-order valence-corrected chi connectivity index (χ1v) is 4.05. The van der Waals surface area contributed by atoms with Crippen LogP contribution in [0.2, 0.25) is 0 Å². The maximum Gasteiger partial charge on any atom is 0.332 e. The zero-order valence-electron chi connectivity index (χ0n) is 7.34. The van der Waals surface area contributed by atoms with E-state index in [-0.39, 0.29) is 6.42 Å². The fourth-order valence-electron chi connectivity index (χ4n) is 0.995. The number of carboxylic acid groups (broad SMARTS) is 1. The van der Waals surface area contributed by atoms with Gasteiger partial charge in [0.15, 0.2) is 6.10 Å². The Balaban J connectivity index is 2.58. The van der Waals surface area contributed by atoms with E-state index in [2.05, 4.69) is 5.10 Å². The van der Waals surface area contributed by atoms with Crippen molar-refractivity contribution in [2.75, 3.05) is 0 Å². The summed E-state index contributed by atoms with van der Waals surface area (Å²) in [7, 11) is 0. The highest BCUT2D eigenvalue weighted by molar-refractivity contribution is 5.72. The van der Waals surface area contributed by atoms with Crippen molar-refractivity contribution < 1.29 is 15.0 Å². The van der Waals surface area contributed by atoms with Gasteiger partial charge in [0, 0.05) is 19.2 Å². The molecule has 13 heavy (non-hydrogen) atoms. The van der Waals surface area contributed by atoms with Gasteiger partial charge < -0.3 is 10.2 Å². The number of hydrogen-bond donors (Lipinski definition) is 2. The number of aliphatic hydroxyl groups is 1. The Kier molecular flexibility index (Phi) is 3.02. The van der Waals surface area contributed by atoms with E-state index in [1.807, 2.05) is 6.92 Å². The molecule has 0 aromatic carbocycles. The van der Waals surface area contributed by atoms with Crippen LogP contribution in [0.1, 0.15) is 12.5 Å². The van der Waals surface area contributed by atoms with Gasteiger partial charge in [0.05, 0.1) is 6.20 Å². The van der Waals surface area contributed by atoms with Crippen LogP contribution < -0.4 is 0 Å². The molecule has 72 valence electrons. The number of aliphatic carboxylic acids is 1. The molecular formula is C8H12N2O3. The predicted octanol–water partition coefficient (Wildman–Crippen LogP) is -0.109. The quantitative estimate of drug-likeness (QED) is 0.684. The second kappa shape index (κ2) is 4.04. The van der Waals surface area contributed by atoms with Crippen LogP contribution in [-0.2, 0) is 17.8 Å². The van der Waals surface area contributed by atoms with Crippen LogP contribution in [-0.4, -0.2) is 32.1 Å². The fourth-order valence-corrected chi connectivity index (χ4v) is 0.995. The molecule has 5 nitrogen and oxygen atoms in total. The number of aliphatic hydroxyl groups excluding tert-OH is 1. The van der Waals surface area contributed by atoms with Gasteiger partial charge in [-0.25, -0.2) is 4.79 Å². The van der Waals surface area contributed by atoms with Crippen molar-refractivity contribution in [3.63, 3.8) is 0 Å². The van der Waals surface area contributed by atoms with E-state index in [1.54, 1.807) is 17.1 Å². The highest BCUT2D eigenvalue weighted by Gasteiger charge is 2.14. The van der Waals surface area contributed by atoms with Crippen LogP contribution in [0, 0.1) is 0 Å². The first-order chi connectivity index (χ1) is 6.13. The van der Waals surface area contributed by atoms with Crippen LogP contribution >= 0.6 is 0 Å². The minimum absolute atomic E-state index is 0.106. The normalized spacial score (nSPS) is 12.8. The molecule has 0 amide bonds. The minimum Gasteiger partial charge on any atom is -0.479 e. The van der Waals surface area contributed by atoms with E-state index in [1.165, 1.54) is 0 Å². The van der Waals surface area contributed by atoms with Crippen molar-refractivity contribution in [3.8, 4) is 0 Å². The number of aryl methyl sites for hydroxylation is 1. The summed E-state index contributed by atoms with van der Waals surface area (Å²) >= 11 is 0. The summed E-state index contributed by atoms with van der Waals surface area (Å²) in [5.74, 6) is -1.20. The smallest absolute Gasteiger partial charge is 0.332 e. The van der Waals surface area contributed by atoms with Gasteiger partial charge in [-0.05, 0) is 12.5 Å². The number of nitrogens with zero attached hydrogens (tertiary/aromatic N) is 2. The maximum absolute atomic E-state index is 10.3. The number of carboxylic acids is 1. The highest BCUT2D eigenvalue weighted by Crippen LogP contribution is 2.02. The van der Waals surface area contributed by atoms with Gasteiger partial charge in [-0.2, -0.15) is 5.10 Å². The molecule has 0 saturated heterocycles. The molecule has 0 spiro atoms. The Morgan fingerprint density at radius 1 is 1.77 bits per heavy atom. The van der Waals surface area contributed by atoms with E-state index >= 15 is 0 Å². The molecule has 0 aliphatic heterocycles. The summed E-state index contributed by atoms with van der Waals surface area (Å²) in [5.41, 5.74) is 0.733. The average molecular weight is 184 g/mol. The summed E-state index contributed by atoms with van der Waals surface area (Å²) < 4.78 is 1.68. The standard InChI is InChI=1S/C8H12N2O3/c1-2-10-5-6(4-9-10)3-7(11)8(12)13/h4-5,7,11H,2-3H2,1H3,(H,12,13)/t7-/m1/s1. The average Bonchev–Trinajstić information content (AvgIpc) is 2.52. The lowest BCUT2D eigenvalue weighted by Gasteiger charge is -2.01. The SMILES string of the molecule is CCn1cc(C[C@@H](O)C(=O)O)cn1. The molecule has 1 rings (SSSR count). The number of aromatic nitrogens is 2. The first kappa shape index (κ1) is 9.73. The molecule has 0 fully saturated rings. The molecule has 0 aliphatic rings. The molecule has 0 saturated carbocycles. The predicted molar refractivity (Wildman–Crippen MR) is 45.2 cm³/mol. The molecule has 0 radical (unpaired) electrons. The third-order valence-electron chi connectivity index (χ3n) is 1.72. The van der Waals surface area contributed by atoms with Crippen molar-refractivity contribution in [1.29, 1.82) is 0 Å². The first-order valence-electron chi connectivity index (χ1n) is 4.05. The van der Waals surface area contributed by atoms with Crippen LogP contribution in [0.3, 0.4) is 0 Å². The van der Waals surface area contributed by atoms with Gasteiger partial charge in [-0.3, -0.25) is 4.68 Å². The fraction of sp³-hybridized carbons (Fsp3) is 0.500. The minimum atomic E-state index is -1.34. The van der Waals surface area contributed by atoms with Crippen LogP contribution in [0.15, 0.2) is 12.4 Å².